The minimum atomic E-state index is -2.71. The third-order valence-corrected chi connectivity index (χ3v) is 4.22. The quantitative estimate of drug-likeness (QED) is 0.663. The summed E-state index contributed by atoms with van der Waals surface area (Å²) in [6, 6.07) is 6.60. The fourth-order valence-corrected chi connectivity index (χ4v) is 2.58. The Hall–Kier alpha value is -1.73. The first kappa shape index (κ1) is 18.6. The summed E-state index contributed by atoms with van der Waals surface area (Å²) < 4.78 is 31.7. The number of benzene rings is 1. The summed E-state index contributed by atoms with van der Waals surface area (Å²) in [4.78, 5) is 12.1. The number of alkyl halides is 2. The summed E-state index contributed by atoms with van der Waals surface area (Å²) >= 11 is 0. The average molecular weight is 342 g/mol. The van der Waals surface area contributed by atoms with Crippen molar-refractivity contribution < 1.29 is 23.4 Å². The largest absolute Gasteiger partial charge is 0.494 e. The minimum Gasteiger partial charge on any atom is -0.494 e. The lowest BCUT2D eigenvalue weighted by molar-refractivity contribution is -0.101. The highest BCUT2D eigenvalue weighted by Crippen LogP contribution is 2.38. The number of carbonyl (C=O) groups is 1. The lowest BCUT2D eigenvalue weighted by Crippen LogP contribution is -2.47. The molecule has 1 aromatic rings. The van der Waals surface area contributed by atoms with E-state index in [2.05, 4.69) is 5.32 Å². The second kappa shape index (κ2) is 7.90. The monoisotopic (exact) mass is 342 g/mol. The predicted octanol–water partition coefficient (Wildman–Crippen LogP) is 2.08. The molecule has 1 aliphatic rings. The van der Waals surface area contributed by atoms with Gasteiger partial charge in [0.1, 0.15) is 5.75 Å². The van der Waals surface area contributed by atoms with Crippen LogP contribution < -0.4 is 15.8 Å². The number of ether oxygens (including phenoxy) is 1. The Morgan fingerprint density at radius 1 is 1.21 bits per heavy atom. The van der Waals surface area contributed by atoms with Crippen LogP contribution in [0.4, 0.5) is 8.78 Å². The average Bonchev–Trinajstić information content (AvgIpc) is 2.57. The molecular formula is C17H24F2N2O3. The van der Waals surface area contributed by atoms with Crippen LogP contribution in [-0.4, -0.2) is 42.2 Å². The first-order valence-corrected chi connectivity index (χ1v) is 8.15. The molecule has 1 fully saturated rings. The van der Waals surface area contributed by atoms with Gasteiger partial charge >= 0.3 is 0 Å². The van der Waals surface area contributed by atoms with Crippen molar-refractivity contribution in [2.75, 3.05) is 19.7 Å². The Morgan fingerprint density at radius 3 is 2.42 bits per heavy atom. The van der Waals surface area contributed by atoms with Crippen LogP contribution in [0, 0.1) is 0 Å². The molecule has 1 aromatic carbocycles. The van der Waals surface area contributed by atoms with E-state index in [1.54, 1.807) is 24.3 Å². The molecule has 1 saturated carbocycles. The van der Waals surface area contributed by atoms with Crippen LogP contribution >= 0.6 is 0 Å². The second-order valence-electron chi connectivity index (χ2n) is 6.28. The molecule has 1 amide bonds. The maximum atomic E-state index is 13.1. The predicted molar refractivity (Wildman–Crippen MR) is 86.3 cm³/mol. The molecule has 1 aliphatic carbocycles. The molecular weight excluding hydrogens is 318 g/mol. The number of amides is 1. The second-order valence-corrected chi connectivity index (χ2v) is 6.28. The highest BCUT2D eigenvalue weighted by Gasteiger charge is 2.42. The van der Waals surface area contributed by atoms with Crippen molar-refractivity contribution >= 4 is 5.91 Å². The lowest BCUT2D eigenvalue weighted by atomic mass is 9.82. The summed E-state index contributed by atoms with van der Waals surface area (Å²) in [5.74, 6) is -2.42. The zero-order valence-corrected chi connectivity index (χ0v) is 13.6. The van der Waals surface area contributed by atoms with Crippen LogP contribution in [0.5, 0.6) is 5.75 Å². The van der Waals surface area contributed by atoms with Gasteiger partial charge in [0.05, 0.1) is 12.2 Å². The van der Waals surface area contributed by atoms with Crippen molar-refractivity contribution in [2.24, 2.45) is 5.73 Å². The Kier molecular flexibility index (Phi) is 6.12. The number of hydrogen-bond donors (Lipinski definition) is 3. The normalized spacial score (nSPS) is 18.8. The SMILES string of the molecule is NCCCOc1ccc(C(=O)NCC2(O)CCC(F)(F)CC2)cc1. The molecule has 134 valence electrons. The van der Waals surface area contributed by atoms with E-state index in [9.17, 15) is 18.7 Å². The van der Waals surface area contributed by atoms with Crippen molar-refractivity contribution in [2.45, 2.75) is 43.6 Å². The Labute approximate surface area is 140 Å². The maximum absolute atomic E-state index is 13.1. The van der Waals surface area contributed by atoms with E-state index in [0.717, 1.165) is 6.42 Å². The number of halogens is 2. The number of hydrogen-bond acceptors (Lipinski definition) is 4. The molecule has 5 nitrogen and oxygen atoms in total. The minimum absolute atomic E-state index is 0.0196. The fourth-order valence-electron chi connectivity index (χ4n) is 2.58. The van der Waals surface area contributed by atoms with Gasteiger partial charge in [-0.15, -0.1) is 0 Å². The van der Waals surface area contributed by atoms with Gasteiger partial charge in [-0.05, 0) is 50.1 Å². The highest BCUT2D eigenvalue weighted by molar-refractivity contribution is 5.94. The fraction of sp³-hybridized carbons (Fsp3) is 0.588. The molecule has 0 radical (unpaired) electrons. The lowest BCUT2D eigenvalue weighted by Gasteiger charge is -2.35. The summed E-state index contributed by atoms with van der Waals surface area (Å²) in [6.45, 7) is 1.03. The van der Waals surface area contributed by atoms with E-state index in [4.69, 9.17) is 10.5 Å². The number of carbonyl (C=O) groups excluding carboxylic acids is 1. The topological polar surface area (TPSA) is 84.6 Å². The van der Waals surface area contributed by atoms with E-state index < -0.39 is 11.5 Å². The summed E-state index contributed by atoms with van der Waals surface area (Å²) in [7, 11) is 0. The van der Waals surface area contributed by atoms with E-state index in [1.165, 1.54) is 0 Å². The summed E-state index contributed by atoms with van der Waals surface area (Å²) in [5, 5.41) is 12.9. The number of rotatable bonds is 7. The smallest absolute Gasteiger partial charge is 0.251 e. The van der Waals surface area contributed by atoms with Crippen LogP contribution in [0.1, 0.15) is 42.5 Å². The Balaban J connectivity index is 1.82. The first-order chi connectivity index (χ1) is 11.3. The number of nitrogens with two attached hydrogens (primary N) is 1. The van der Waals surface area contributed by atoms with Crippen LogP contribution in [0.15, 0.2) is 24.3 Å². The molecule has 0 spiro atoms. The Bertz CT molecular complexity index is 539. The van der Waals surface area contributed by atoms with Gasteiger partial charge in [0.25, 0.3) is 5.91 Å². The summed E-state index contributed by atoms with van der Waals surface area (Å²) in [5.41, 5.74) is 4.54. The highest BCUT2D eigenvalue weighted by atomic mass is 19.3. The molecule has 0 atom stereocenters. The van der Waals surface area contributed by atoms with E-state index in [-0.39, 0.29) is 38.1 Å². The van der Waals surface area contributed by atoms with Crippen LogP contribution in [-0.2, 0) is 0 Å². The van der Waals surface area contributed by atoms with E-state index >= 15 is 0 Å². The van der Waals surface area contributed by atoms with Gasteiger partial charge in [-0.3, -0.25) is 4.79 Å². The van der Waals surface area contributed by atoms with Gasteiger partial charge in [-0.1, -0.05) is 0 Å². The molecule has 4 N–H and O–H groups in total. The molecule has 24 heavy (non-hydrogen) atoms. The van der Waals surface area contributed by atoms with Crippen LogP contribution in [0.25, 0.3) is 0 Å². The molecule has 0 bridgehead atoms. The van der Waals surface area contributed by atoms with Crippen molar-refractivity contribution in [3.05, 3.63) is 29.8 Å². The van der Waals surface area contributed by atoms with Crippen LogP contribution in [0.3, 0.4) is 0 Å². The standard InChI is InChI=1S/C17H24F2N2O3/c18-17(19)8-6-16(23,7-9-17)12-21-15(22)13-2-4-14(5-3-13)24-11-1-10-20/h2-5,23H,1,6-12,20H2,(H,21,22). The third kappa shape index (κ3) is 5.42. The zero-order valence-electron chi connectivity index (χ0n) is 13.6. The van der Waals surface area contributed by atoms with Crippen LogP contribution in [0.2, 0.25) is 0 Å². The summed E-state index contributed by atoms with van der Waals surface area (Å²) in [6.07, 6.45) is 0.00464. The van der Waals surface area contributed by atoms with Crippen molar-refractivity contribution in [1.82, 2.24) is 5.32 Å². The van der Waals surface area contributed by atoms with Crippen molar-refractivity contribution in [3.63, 3.8) is 0 Å². The van der Waals surface area contributed by atoms with Gasteiger partial charge in [-0.2, -0.15) is 0 Å². The maximum Gasteiger partial charge on any atom is 0.251 e. The molecule has 2 rings (SSSR count). The first-order valence-electron chi connectivity index (χ1n) is 8.15. The van der Waals surface area contributed by atoms with Gasteiger partial charge in [0.15, 0.2) is 0 Å². The number of aliphatic hydroxyl groups is 1. The Morgan fingerprint density at radius 2 is 1.83 bits per heavy atom. The molecule has 0 saturated heterocycles. The molecule has 0 unspecified atom stereocenters. The van der Waals surface area contributed by atoms with Crippen molar-refractivity contribution in [3.8, 4) is 5.75 Å². The molecule has 0 aromatic heterocycles. The third-order valence-electron chi connectivity index (χ3n) is 4.22. The van der Waals surface area contributed by atoms with E-state index in [0.29, 0.717) is 24.5 Å². The number of nitrogens with one attached hydrogen (secondary N) is 1. The molecule has 0 heterocycles. The van der Waals surface area contributed by atoms with E-state index in [1.807, 2.05) is 0 Å². The zero-order chi connectivity index (χ0) is 17.6. The molecule has 7 heteroatoms. The van der Waals surface area contributed by atoms with Gasteiger partial charge < -0.3 is 20.9 Å². The molecule has 0 aliphatic heterocycles. The van der Waals surface area contributed by atoms with Gasteiger partial charge in [0.2, 0.25) is 5.92 Å². The van der Waals surface area contributed by atoms with Crippen molar-refractivity contribution in [1.29, 1.82) is 0 Å². The van der Waals surface area contributed by atoms with Gasteiger partial charge in [-0.25, -0.2) is 8.78 Å². The van der Waals surface area contributed by atoms with Gasteiger partial charge in [0, 0.05) is 24.9 Å².